The Morgan fingerprint density at radius 3 is 2.33 bits per heavy atom. The number of benzene rings is 1. The zero-order valence-electron chi connectivity index (χ0n) is 22.2. The number of aromatic nitrogens is 3. The van der Waals surface area contributed by atoms with Crippen LogP contribution in [0.3, 0.4) is 0 Å². The lowest BCUT2D eigenvalue weighted by Gasteiger charge is -2.51. The molecule has 2 saturated heterocycles. The van der Waals surface area contributed by atoms with Gasteiger partial charge in [-0.1, -0.05) is 55.8 Å². The number of anilines is 1. The van der Waals surface area contributed by atoms with Crippen LogP contribution in [0.5, 0.6) is 0 Å². The molecule has 4 atom stereocenters. The van der Waals surface area contributed by atoms with Crippen molar-refractivity contribution >= 4 is 11.7 Å². The zero-order valence-corrected chi connectivity index (χ0v) is 22.2. The standard InChI is InChI=1S/C26H28N5O.C5H4FN.H2/c1-18-15-31(16-19(2)26(18,22-8-9-22)21-6-4-3-5-7-21)25(32)20-12-13-30(17-20)24-11-10-23(14-27)28-29-24;6-5-2-1-3-7-4-5;/h3-11,18-20H,12-13,15-17H2,1-2H3;1-4H;1H/t18-,19+,20-,26?;;/m0../s1. The Morgan fingerprint density at radius 1 is 1.05 bits per heavy atom. The van der Waals surface area contributed by atoms with E-state index in [0.717, 1.165) is 31.9 Å². The van der Waals surface area contributed by atoms with E-state index >= 15 is 0 Å². The van der Waals surface area contributed by atoms with Crippen LogP contribution in [0, 0.1) is 41.3 Å². The SMILES string of the molecule is C[C@@H]1CN(C(=O)[C@H]2CCN(c3ccc(C#N)nn3)C2)C[C@H](C)C1(C1=C[CH]1)c1ccccc1.Fc1cccnc1.[HH]. The van der Waals surface area contributed by atoms with Crippen molar-refractivity contribution in [1.82, 2.24) is 20.1 Å². The lowest BCUT2D eigenvalue weighted by atomic mass is 9.59. The molecule has 0 bridgehead atoms. The summed E-state index contributed by atoms with van der Waals surface area (Å²) in [5.41, 5.74) is 3.07. The molecule has 1 unspecified atom stereocenters. The Balaban J connectivity index is 0.000000405. The number of rotatable bonds is 4. The Morgan fingerprint density at radius 2 is 1.79 bits per heavy atom. The van der Waals surface area contributed by atoms with Gasteiger partial charge in [-0.25, -0.2) is 4.39 Å². The number of nitrogens with zero attached hydrogens (tertiary/aromatic N) is 6. The first kappa shape index (κ1) is 26.5. The first-order valence-electron chi connectivity index (χ1n) is 13.4. The Labute approximate surface area is 230 Å². The van der Waals surface area contributed by atoms with Gasteiger partial charge in [0.05, 0.1) is 12.1 Å². The lowest BCUT2D eigenvalue weighted by molar-refractivity contribution is -0.139. The van der Waals surface area contributed by atoms with E-state index < -0.39 is 0 Å². The smallest absolute Gasteiger partial charge is 0.227 e. The molecular weight excluding hydrogens is 491 g/mol. The van der Waals surface area contributed by atoms with Crippen molar-refractivity contribution < 1.29 is 10.6 Å². The second-order valence-corrected chi connectivity index (χ2v) is 10.6. The van der Waals surface area contributed by atoms with Crippen molar-refractivity contribution in [3.63, 3.8) is 0 Å². The number of halogens is 1. The molecule has 201 valence electrons. The summed E-state index contributed by atoms with van der Waals surface area (Å²) in [5, 5.41) is 17.0. The van der Waals surface area contributed by atoms with E-state index in [0.29, 0.717) is 24.1 Å². The average Bonchev–Trinajstić information content (AvgIpc) is 3.69. The maximum atomic E-state index is 13.5. The Kier molecular flexibility index (Phi) is 7.69. The minimum absolute atomic E-state index is 0. The molecule has 3 aromatic rings. The van der Waals surface area contributed by atoms with Gasteiger partial charge < -0.3 is 9.80 Å². The molecule has 2 fully saturated rings. The molecule has 1 aliphatic carbocycles. The number of carbonyl (C=O) groups excluding carboxylic acids is 1. The molecule has 6 rings (SSSR count). The predicted molar refractivity (Wildman–Crippen MR) is 149 cm³/mol. The minimum atomic E-state index is -0.289. The molecule has 2 aliphatic heterocycles. The molecule has 7 nitrogen and oxygen atoms in total. The van der Waals surface area contributed by atoms with Crippen LogP contribution in [0.15, 0.2) is 78.6 Å². The average molecular weight is 526 g/mol. The van der Waals surface area contributed by atoms with Gasteiger partial charge in [0.25, 0.3) is 0 Å². The van der Waals surface area contributed by atoms with Gasteiger partial charge in [-0.05, 0) is 48.1 Å². The molecule has 0 saturated carbocycles. The molecule has 0 spiro atoms. The van der Waals surface area contributed by atoms with Gasteiger partial charge in [-0.3, -0.25) is 9.78 Å². The molecule has 4 heterocycles. The van der Waals surface area contributed by atoms with Gasteiger partial charge in [0.2, 0.25) is 5.91 Å². The zero-order chi connectivity index (χ0) is 27.4. The topological polar surface area (TPSA) is 86.0 Å². The van der Waals surface area contributed by atoms with Gasteiger partial charge in [-0.2, -0.15) is 5.26 Å². The van der Waals surface area contributed by atoms with Gasteiger partial charge in [0.1, 0.15) is 11.9 Å². The third kappa shape index (κ3) is 5.40. The first-order valence-corrected chi connectivity index (χ1v) is 13.4. The summed E-state index contributed by atoms with van der Waals surface area (Å²) < 4.78 is 11.8. The third-order valence-corrected chi connectivity index (χ3v) is 8.17. The van der Waals surface area contributed by atoms with E-state index in [2.05, 4.69) is 81.7 Å². The van der Waals surface area contributed by atoms with E-state index in [1.807, 2.05) is 12.1 Å². The number of carbonyl (C=O) groups is 1. The highest BCUT2D eigenvalue weighted by atomic mass is 19.1. The number of allylic oxidation sites excluding steroid dienone is 2. The summed E-state index contributed by atoms with van der Waals surface area (Å²) in [4.78, 5) is 21.2. The largest absolute Gasteiger partial charge is 0.354 e. The molecule has 8 heteroatoms. The fourth-order valence-corrected chi connectivity index (χ4v) is 6.35. The van der Waals surface area contributed by atoms with Crippen molar-refractivity contribution in [2.24, 2.45) is 17.8 Å². The van der Waals surface area contributed by atoms with Crippen molar-refractivity contribution in [2.75, 3.05) is 31.1 Å². The molecule has 1 radical (unpaired) electrons. The van der Waals surface area contributed by atoms with E-state index in [1.54, 1.807) is 12.1 Å². The molecular formula is C31H34FN6O. The molecule has 1 amide bonds. The van der Waals surface area contributed by atoms with Gasteiger partial charge in [0, 0.05) is 45.6 Å². The fourth-order valence-electron chi connectivity index (χ4n) is 6.35. The summed E-state index contributed by atoms with van der Waals surface area (Å²) in [6.07, 6.45) is 8.00. The molecule has 0 N–H and O–H groups in total. The van der Waals surface area contributed by atoms with Crippen LogP contribution in [0.4, 0.5) is 10.2 Å². The number of nitriles is 1. The monoisotopic (exact) mass is 525 g/mol. The van der Waals surface area contributed by atoms with Crippen LogP contribution in [0.25, 0.3) is 0 Å². The van der Waals surface area contributed by atoms with Crippen molar-refractivity contribution in [2.45, 2.75) is 25.7 Å². The van der Waals surface area contributed by atoms with Crippen LogP contribution < -0.4 is 4.90 Å². The van der Waals surface area contributed by atoms with Crippen LogP contribution in [0.1, 0.15) is 33.0 Å². The first-order chi connectivity index (χ1) is 18.9. The maximum absolute atomic E-state index is 13.5. The van der Waals surface area contributed by atoms with Crippen molar-refractivity contribution in [3.8, 4) is 6.07 Å². The van der Waals surface area contributed by atoms with Crippen LogP contribution in [-0.4, -0.2) is 52.2 Å². The van der Waals surface area contributed by atoms with E-state index in [9.17, 15) is 9.18 Å². The second-order valence-electron chi connectivity index (χ2n) is 10.6. The highest BCUT2D eigenvalue weighted by Crippen LogP contribution is 2.53. The maximum Gasteiger partial charge on any atom is 0.227 e. The minimum Gasteiger partial charge on any atom is -0.354 e. The van der Waals surface area contributed by atoms with E-state index in [-0.39, 0.29) is 24.5 Å². The highest BCUT2D eigenvalue weighted by Gasteiger charge is 2.52. The second kappa shape index (κ2) is 11.3. The summed E-state index contributed by atoms with van der Waals surface area (Å²) in [6.45, 7) is 7.58. The number of pyridine rings is 1. The lowest BCUT2D eigenvalue weighted by Crippen LogP contribution is -2.56. The van der Waals surface area contributed by atoms with E-state index in [4.69, 9.17) is 5.26 Å². The predicted octanol–water partition coefficient (Wildman–Crippen LogP) is 4.84. The number of piperidine rings is 1. The van der Waals surface area contributed by atoms with Crippen molar-refractivity contribution in [1.29, 1.82) is 5.26 Å². The number of hydrogen-bond donors (Lipinski definition) is 0. The van der Waals surface area contributed by atoms with Gasteiger partial charge >= 0.3 is 0 Å². The quantitative estimate of drug-likeness (QED) is 0.485. The summed E-state index contributed by atoms with van der Waals surface area (Å²) in [7, 11) is 0. The molecule has 39 heavy (non-hydrogen) atoms. The third-order valence-electron chi connectivity index (χ3n) is 8.17. The number of hydrogen-bond acceptors (Lipinski definition) is 6. The normalized spacial score (nSPS) is 25.7. The Bertz CT molecular complexity index is 1350. The number of amides is 1. The van der Waals surface area contributed by atoms with Gasteiger partial charge in [-0.15, -0.1) is 10.2 Å². The van der Waals surface area contributed by atoms with Gasteiger partial charge in [0.15, 0.2) is 11.5 Å². The van der Waals surface area contributed by atoms with Crippen LogP contribution in [-0.2, 0) is 10.2 Å². The fraction of sp³-hybridized carbons (Fsp3) is 0.355. The van der Waals surface area contributed by atoms with Crippen molar-refractivity contribution in [3.05, 3.63) is 102 Å². The Hall–Kier alpha value is -4.12. The molecule has 2 aromatic heterocycles. The summed E-state index contributed by atoms with van der Waals surface area (Å²) in [5.74, 6) is 1.35. The van der Waals surface area contributed by atoms with E-state index in [1.165, 1.54) is 29.6 Å². The number of likely N-dealkylation sites (tertiary alicyclic amines) is 1. The molecule has 3 aliphatic rings. The molecule has 1 aromatic carbocycles. The summed E-state index contributed by atoms with van der Waals surface area (Å²) >= 11 is 0. The van der Waals surface area contributed by atoms with Crippen LogP contribution in [0.2, 0.25) is 0 Å². The van der Waals surface area contributed by atoms with Crippen LogP contribution >= 0.6 is 0 Å². The summed E-state index contributed by atoms with van der Waals surface area (Å²) in [6, 6.07) is 19.2. The highest BCUT2D eigenvalue weighted by molar-refractivity contribution is 5.80.